The Morgan fingerprint density at radius 3 is 2.90 bits per heavy atom. The van der Waals surface area contributed by atoms with Crippen LogP contribution in [-0.4, -0.2) is 6.61 Å². The maximum atomic E-state index is 13.7. The molecule has 21 heavy (non-hydrogen) atoms. The molecule has 0 fully saturated rings. The van der Waals surface area contributed by atoms with E-state index in [1.54, 1.807) is 6.07 Å². The Morgan fingerprint density at radius 1 is 1.19 bits per heavy atom. The highest BCUT2D eigenvalue weighted by Crippen LogP contribution is 2.33. The second-order valence-corrected chi connectivity index (χ2v) is 6.31. The predicted octanol–water partition coefficient (Wildman–Crippen LogP) is 4.97. The van der Waals surface area contributed by atoms with Gasteiger partial charge in [-0.25, -0.2) is 8.78 Å². The number of fused-ring (bicyclic) bond motifs is 1. The number of hydrogen-bond acceptors (Lipinski definition) is 1. The Labute approximate surface area is 131 Å². The van der Waals surface area contributed by atoms with Crippen molar-refractivity contribution in [2.75, 3.05) is 6.61 Å². The lowest BCUT2D eigenvalue weighted by Gasteiger charge is -2.19. The highest BCUT2D eigenvalue weighted by molar-refractivity contribution is 9.09. The molecule has 0 aromatic heterocycles. The number of hydrogen-bond donors (Lipinski definition) is 0. The molecule has 0 N–H and O–H groups in total. The van der Waals surface area contributed by atoms with Crippen molar-refractivity contribution in [2.45, 2.75) is 24.1 Å². The molecule has 110 valence electrons. The van der Waals surface area contributed by atoms with Gasteiger partial charge in [-0.15, -0.1) is 0 Å². The van der Waals surface area contributed by atoms with Crippen LogP contribution in [0.15, 0.2) is 36.4 Å². The molecule has 1 aliphatic heterocycles. The van der Waals surface area contributed by atoms with Gasteiger partial charge in [-0.3, -0.25) is 0 Å². The highest BCUT2D eigenvalue weighted by atomic mass is 79.9. The van der Waals surface area contributed by atoms with E-state index in [2.05, 4.69) is 22.0 Å². The van der Waals surface area contributed by atoms with E-state index in [-0.39, 0.29) is 4.83 Å². The molecule has 0 bridgehead atoms. The van der Waals surface area contributed by atoms with Crippen LogP contribution in [0.1, 0.15) is 27.9 Å². The fourth-order valence-electron chi connectivity index (χ4n) is 2.59. The van der Waals surface area contributed by atoms with Crippen LogP contribution in [0.4, 0.5) is 8.78 Å². The van der Waals surface area contributed by atoms with Crippen LogP contribution < -0.4 is 4.74 Å². The fraction of sp³-hybridized carbons (Fsp3) is 0.294. The van der Waals surface area contributed by atoms with Gasteiger partial charge in [0.1, 0.15) is 5.75 Å². The number of halogens is 3. The summed E-state index contributed by atoms with van der Waals surface area (Å²) in [6.07, 6.45) is 2.42. The van der Waals surface area contributed by atoms with Gasteiger partial charge in [0.25, 0.3) is 0 Å². The van der Waals surface area contributed by atoms with Crippen LogP contribution in [0.3, 0.4) is 0 Å². The first-order chi connectivity index (χ1) is 10.1. The van der Waals surface area contributed by atoms with Crippen molar-refractivity contribution in [1.82, 2.24) is 0 Å². The maximum Gasteiger partial charge on any atom is 0.162 e. The summed E-state index contributed by atoms with van der Waals surface area (Å²) in [6.45, 7) is 0.762. The lowest BCUT2D eigenvalue weighted by Crippen LogP contribution is -2.09. The maximum absolute atomic E-state index is 13.7. The van der Waals surface area contributed by atoms with Crippen molar-refractivity contribution in [1.29, 1.82) is 0 Å². The molecule has 1 unspecified atom stereocenters. The summed E-state index contributed by atoms with van der Waals surface area (Å²) in [6, 6.07) is 10.3. The van der Waals surface area contributed by atoms with Gasteiger partial charge in [0, 0.05) is 4.83 Å². The summed E-state index contributed by atoms with van der Waals surface area (Å²) in [5, 5.41) is 0. The van der Waals surface area contributed by atoms with Crippen molar-refractivity contribution in [2.24, 2.45) is 0 Å². The van der Waals surface area contributed by atoms with Gasteiger partial charge in [0.05, 0.1) is 6.61 Å². The topological polar surface area (TPSA) is 9.23 Å². The van der Waals surface area contributed by atoms with Crippen LogP contribution in [-0.2, 0) is 12.8 Å². The predicted molar refractivity (Wildman–Crippen MR) is 82.0 cm³/mol. The van der Waals surface area contributed by atoms with E-state index in [1.165, 1.54) is 11.6 Å². The molecule has 1 aliphatic rings. The van der Waals surface area contributed by atoms with Crippen molar-refractivity contribution >= 4 is 15.9 Å². The lowest BCUT2D eigenvalue weighted by atomic mass is 9.99. The number of aryl methyl sites for hydroxylation is 1. The Bertz CT molecular complexity index is 657. The van der Waals surface area contributed by atoms with E-state index in [4.69, 9.17) is 4.74 Å². The minimum Gasteiger partial charge on any atom is -0.493 e. The number of ether oxygens (including phenoxy) is 1. The molecule has 0 spiro atoms. The largest absolute Gasteiger partial charge is 0.493 e. The van der Waals surface area contributed by atoms with Gasteiger partial charge in [-0.05, 0) is 48.1 Å². The molecular formula is C17H15BrF2O. The number of rotatable bonds is 3. The Kier molecular flexibility index (Phi) is 4.24. The van der Waals surface area contributed by atoms with Gasteiger partial charge in [0.2, 0.25) is 0 Å². The van der Waals surface area contributed by atoms with E-state index in [0.29, 0.717) is 12.0 Å². The van der Waals surface area contributed by atoms with E-state index in [9.17, 15) is 8.78 Å². The summed E-state index contributed by atoms with van der Waals surface area (Å²) < 4.78 is 32.6. The summed E-state index contributed by atoms with van der Waals surface area (Å²) in [4.78, 5) is -0.0546. The Morgan fingerprint density at radius 2 is 2.05 bits per heavy atom. The third kappa shape index (κ3) is 3.10. The molecule has 0 radical (unpaired) electrons. The average Bonchev–Trinajstić information content (AvgIpc) is 2.51. The minimum absolute atomic E-state index is 0.0546. The minimum atomic E-state index is -0.800. The molecule has 0 saturated carbocycles. The molecule has 1 nitrogen and oxygen atoms in total. The van der Waals surface area contributed by atoms with Crippen LogP contribution >= 0.6 is 15.9 Å². The second kappa shape index (κ2) is 6.14. The van der Waals surface area contributed by atoms with E-state index >= 15 is 0 Å². The van der Waals surface area contributed by atoms with Gasteiger partial charge < -0.3 is 4.74 Å². The summed E-state index contributed by atoms with van der Waals surface area (Å²) in [5.74, 6) is -0.629. The molecule has 1 heterocycles. The molecule has 0 amide bonds. The molecule has 2 aromatic carbocycles. The molecule has 3 rings (SSSR count). The smallest absolute Gasteiger partial charge is 0.162 e. The fourth-order valence-corrected chi connectivity index (χ4v) is 3.23. The lowest BCUT2D eigenvalue weighted by molar-refractivity contribution is 0.288. The summed E-state index contributed by atoms with van der Waals surface area (Å²) >= 11 is 3.58. The monoisotopic (exact) mass is 352 g/mol. The first-order valence-electron chi connectivity index (χ1n) is 6.98. The summed E-state index contributed by atoms with van der Waals surface area (Å²) in [5.41, 5.74) is 2.62. The zero-order valence-electron chi connectivity index (χ0n) is 11.4. The van der Waals surface area contributed by atoms with Crippen LogP contribution in [0.5, 0.6) is 5.75 Å². The standard InChI is InChI=1S/C17H15BrF2O/c18-14(10-13-3-1-5-15(19)17(13)20)11-6-7-16-12(9-11)4-2-8-21-16/h1,3,5-7,9,14H,2,4,8,10H2. The zero-order valence-corrected chi connectivity index (χ0v) is 13.0. The summed E-state index contributed by atoms with van der Waals surface area (Å²) in [7, 11) is 0. The van der Waals surface area contributed by atoms with E-state index < -0.39 is 11.6 Å². The number of benzene rings is 2. The second-order valence-electron chi connectivity index (χ2n) is 5.20. The van der Waals surface area contributed by atoms with Gasteiger partial charge in [0.15, 0.2) is 11.6 Å². The molecular weight excluding hydrogens is 338 g/mol. The van der Waals surface area contributed by atoms with E-state index in [1.807, 2.05) is 12.1 Å². The van der Waals surface area contributed by atoms with Gasteiger partial charge >= 0.3 is 0 Å². The van der Waals surface area contributed by atoms with Gasteiger partial charge in [-0.2, -0.15) is 0 Å². The van der Waals surface area contributed by atoms with Crippen molar-refractivity contribution in [3.63, 3.8) is 0 Å². The number of alkyl halides is 1. The molecule has 0 saturated heterocycles. The molecule has 1 atom stereocenters. The van der Waals surface area contributed by atoms with Crippen molar-refractivity contribution < 1.29 is 13.5 Å². The van der Waals surface area contributed by atoms with Gasteiger partial charge in [-0.1, -0.05) is 40.2 Å². The molecule has 4 heteroatoms. The Balaban J connectivity index is 1.82. The third-order valence-corrected chi connectivity index (χ3v) is 4.58. The van der Waals surface area contributed by atoms with Crippen LogP contribution in [0.2, 0.25) is 0 Å². The quantitative estimate of drug-likeness (QED) is 0.708. The third-order valence-electron chi connectivity index (χ3n) is 3.72. The first-order valence-corrected chi connectivity index (χ1v) is 7.89. The zero-order chi connectivity index (χ0) is 14.8. The van der Waals surface area contributed by atoms with Crippen molar-refractivity contribution in [3.05, 3.63) is 64.7 Å². The SMILES string of the molecule is Fc1cccc(CC(Br)c2ccc3c(c2)CCCO3)c1F. The normalized spacial score (nSPS) is 15.2. The highest BCUT2D eigenvalue weighted by Gasteiger charge is 2.17. The van der Waals surface area contributed by atoms with Crippen molar-refractivity contribution in [3.8, 4) is 5.75 Å². The average molecular weight is 353 g/mol. The molecule has 0 aliphatic carbocycles. The Hall–Kier alpha value is -1.42. The van der Waals surface area contributed by atoms with Crippen LogP contribution in [0, 0.1) is 11.6 Å². The molecule has 2 aromatic rings. The first kappa shape index (κ1) is 14.5. The van der Waals surface area contributed by atoms with Crippen LogP contribution in [0.25, 0.3) is 0 Å². The van der Waals surface area contributed by atoms with E-state index in [0.717, 1.165) is 36.8 Å².